The van der Waals surface area contributed by atoms with Gasteiger partial charge in [-0.1, -0.05) is 71.8 Å². The van der Waals surface area contributed by atoms with Gasteiger partial charge in [0.15, 0.2) is 29.6 Å². The molecule has 5 fully saturated rings. The predicted octanol–water partition coefficient (Wildman–Crippen LogP) is 2.77. The number of ketones is 2. The van der Waals surface area contributed by atoms with Crippen molar-refractivity contribution in [2.75, 3.05) is 97.6 Å². The number of amides is 8. The van der Waals surface area contributed by atoms with E-state index in [1.165, 1.54) is 41.4 Å². The number of hydrazine groups is 2. The fourth-order valence-electron chi connectivity index (χ4n) is 18.0. The summed E-state index contributed by atoms with van der Waals surface area (Å²) in [5.41, 5.74) is 7.01. The smallest absolute Gasteiger partial charge is 0.312 e. The van der Waals surface area contributed by atoms with Crippen molar-refractivity contribution < 1.29 is 120 Å². The van der Waals surface area contributed by atoms with Crippen LogP contribution < -0.4 is 48.0 Å². The number of hydrogen-bond donors (Lipinski definition) is 13. The number of halogens is 2. The molecule has 2 unspecified atom stereocenters. The van der Waals surface area contributed by atoms with Gasteiger partial charge in [-0.2, -0.15) is 0 Å². The molecular formula is C81H118F2N10O23. The normalized spacial score (nSPS) is 30.7. The summed E-state index contributed by atoms with van der Waals surface area (Å²) in [5.74, 6) is -7.03. The van der Waals surface area contributed by atoms with E-state index >= 15 is 13.6 Å². The zero-order valence-corrected chi connectivity index (χ0v) is 66.9. The van der Waals surface area contributed by atoms with Crippen LogP contribution >= 0.6 is 0 Å². The summed E-state index contributed by atoms with van der Waals surface area (Å²) in [7, 11) is 0. The molecule has 1 aromatic rings. The highest BCUT2D eigenvalue weighted by atomic mass is 19.1. The van der Waals surface area contributed by atoms with E-state index in [4.69, 9.17) is 48.4 Å². The number of ether oxygens (including phenoxy) is 9. The Morgan fingerprint density at radius 2 is 1.47 bits per heavy atom. The average Bonchev–Trinajstić information content (AvgIpc) is 1.56. The van der Waals surface area contributed by atoms with Gasteiger partial charge in [0.1, 0.15) is 61.7 Å². The highest BCUT2D eigenvalue weighted by Crippen LogP contribution is 2.72. The number of benzene rings is 1. The quantitative estimate of drug-likeness (QED) is 0.0330. The van der Waals surface area contributed by atoms with E-state index in [1.54, 1.807) is 39.0 Å². The van der Waals surface area contributed by atoms with Gasteiger partial charge in [0.05, 0.1) is 95.7 Å². The van der Waals surface area contributed by atoms with Crippen LogP contribution in [-0.2, 0) is 76.3 Å². The van der Waals surface area contributed by atoms with Gasteiger partial charge in [0, 0.05) is 66.4 Å². The largest absolute Gasteiger partial charge is 0.486 e. The number of hydrogen-bond acceptors (Lipinski definition) is 26. The predicted molar refractivity (Wildman–Crippen MR) is 412 cm³/mol. The van der Waals surface area contributed by atoms with Gasteiger partial charge >= 0.3 is 6.03 Å². The van der Waals surface area contributed by atoms with Crippen LogP contribution in [0.1, 0.15) is 144 Å². The van der Waals surface area contributed by atoms with Crippen LogP contribution in [0.3, 0.4) is 0 Å². The van der Waals surface area contributed by atoms with Crippen LogP contribution in [0.5, 0.6) is 5.75 Å². The van der Waals surface area contributed by atoms with Gasteiger partial charge in [-0.05, 0) is 131 Å². The molecule has 35 heteroatoms. The average molecular weight is 1640 g/mol. The number of nitrogens with one attached hydrogen (secondary N) is 7. The number of Topliss-reactive ketones (excluding diaryl/α,β-unsaturated/α-hetero) is 2. The maximum Gasteiger partial charge on any atom is 0.312 e. The number of primary amides is 1. The summed E-state index contributed by atoms with van der Waals surface area (Å²) in [4.78, 5) is 122. The Balaban J connectivity index is 0.736. The van der Waals surface area contributed by atoms with Crippen LogP contribution in [-0.4, -0.2) is 266 Å². The SMILES string of the molecule is C=C1C=C[C@@]2(C)C(=C1)[C@@H](F)C[C@H]1[C@@H]3C[C@H]4OC(CCC)O[C@@]4(C(=O)COc4ccc(NC(=O)[C@H](CCCNC(N)=O)CC(=O)[C@@H](NC(=O)[C@@H](CCCCNC(=O)COC5CCCCCC6=C5NNN6[C@@H]5O[C@H](CO)[C@H](O)[C@H](O)[C@H]5O)NC(=O)CCOCCOCCOCCOCCN5C(=O)C=CC5=O)C(C)C)cc4)[C@@]3(C)C[C@H](O)[C@@]12F. The molecule has 116 heavy (non-hydrogen) atoms. The number of carbonyl (C=O) groups excluding carboxylic acids is 9. The summed E-state index contributed by atoms with van der Waals surface area (Å²) in [6.45, 7) is 13.0. The molecule has 14 N–H and O–H groups in total. The van der Waals surface area contributed by atoms with Crippen molar-refractivity contribution in [1.29, 1.82) is 0 Å². The Kier molecular flexibility index (Phi) is 32.2. The molecule has 5 aliphatic carbocycles. The summed E-state index contributed by atoms with van der Waals surface area (Å²) in [5, 5.41) is 69.2. The minimum Gasteiger partial charge on any atom is -0.486 e. The van der Waals surface area contributed by atoms with Crippen molar-refractivity contribution in [3.8, 4) is 5.75 Å². The lowest BCUT2D eigenvalue weighted by molar-refractivity contribution is -0.266. The Morgan fingerprint density at radius 3 is 2.16 bits per heavy atom. The van der Waals surface area contributed by atoms with E-state index in [0.717, 1.165) is 24.2 Å². The highest BCUT2D eigenvalue weighted by Gasteiger charge is 2.80. The number of carbonyl (C=O) groups is 9. The number of aliphatic hydroxyl groups excluding tert-OH is 5. The number of aliphatic hydroxyl groups is 5. The number of unbranched alkanes of at least 4 members (excludes halogenated alkanes) is 1. The topological polar surface area (TPSA) is 455 Å². The van der Waals surface area contributed by atoms with E-state index < -0.39 is 174 Å². The highest BCUT2D eigenvalue weighted by molar-refractivity contribution is 6.12. The molecule has 4 heterocycles. The first kappa shape index (κ1) is 90.6. The molecule has 2 saturated heterocycles. The van der Waals surface area contributed by atoms with Crippen LogP contribution in [0.2, 0.25) is 0 Å². The van der Waals surface area contributed by atoms with Gasteiger partial charge < -0.3 is 106 Å². The zero-order valence-electron chi connectivity index (χ0n) is 66.9. The van der Waals surface area contributed by atoms with E-state index in [0.29, 0.717) is 55.5 Å². The second-order valence-corrected chi connectivity index (χ2v) is 32.1. The number of anilines is 1. The number of fused-ring (bicyclic) bond motifs is 7. The number of allylic oxidation sites excluding steroid dienone is 6. The molecule has 1 aromatic carbocycles. The van der Waals surface area contributed by atoms with Gasteiger partial charge in [-0.25, -0.2) is 13.6 Å². The number of rotatable bonds is 44. The zero-order chi connectivity index (χ0) is 83.7. The van der Waals surface area contributed by atoms with Crippen molar-refractivity contribution in [2.24, 2.45) is 40.2 Å². The molecule has 33 nitrogen and oxygen atoms in total. The molecule has 10 rings (SSSR count). The maximum absolute atomic E-state index is 18.2. The molecule has 3 saturated carbocycles. The third kappa shape index (κ3) is 20.9. The first-order chi connectivity index (χ1) is 55.5. The van der Waals surface area contributed by atoms with E-state index in [-0.39, 0.29) is 159 Å². The number of nitrogens with two attached hydrogens (primary N) is 1. The molecule has 8 amide bonds. The molecular weight excluding hydrogens is 1520 g/mol. The summed E-state index contributed by atoms with van der Waals surface area (Å²) >= 11 is 0. The lowest BCUT2D eigenvalue weighted by Crippen LogP contribution is -2.70. The minimum absolute atomic E-state index is 0.0472. The monoisotopic (exact) mass is 1640 g/mol. The molecule has 644 valence electrons. The first-order valence-corrected chi connectivity index (χ1v) is 40.7. The Bertz CT molecular complexity index is 3740. The van der Waals surface area contributed by atoms with Crippen molar-refractivity contribution in [3.05, 3.63) is 83.8 Å². The van der Waals surface area contributed by atoms with Crippen LogP contribution in [0.15, 0.2) is 83.8 Å². The molecule has 0 bridgehead atoms. The lowest BCUT2D eigenvalue weighted by Gasteiger charge is -2.63. The van der Waals surface area contributed by atoms with Crippen LogP contribution in [0.25, 0.3) is 0 Å². The van der Waals surface area contributed by atoms with Gasteiger partial charge in [0.25, 0.3) is 11.8 Å². The number of alkyl halides is 2. The molecule has 19 atom stereocenters. The fraction of sp³-hybridized carbons (Fsp3) is 0.691. The fourth-order valence-corrected chi connectivity index (χ4v) is 18.0. The van der Waals surface area contributed by atoms with E-state index in [9.17, 15) is 63.9 Å². The molecule has 4 aliphatic heterocycles. The van der Waals surface area contributed by atoms with Gasteiger partial charge in [-0.15, -0.1) is 5.53 Å². The number of urea groups is 1. The Labute approximate surface area is 674 Å². The summed E-state index contributed by atoms with van der Waals surface area (Å²) in [6.07, 6.45) is -0.479. The third-order valence-electron chi connectivity index (χ3n) is 24.1. The third-order valence-corrected chi connectivity index (χ3v) is 24.1. The molecule has 0 radical (unpaired) electrons. The van der Waals surface area contributed by atoms with Crippen LogP contribution in [0.4, 0.5) is 19.3 Å². The van der Waals surface area contributed by atoms with Crippen LogP contribution in [0, 0.1) is 34.5 Å². The summed E-state index contributed by atoms with van der Waals surface area (Å²) in [6, 6.07) is 2.97. The standard InChI is InChI=1S/C81H118F2N10O23/c1-7-14-68-115-63-42-52-53-41-55(82)54-39-48(4)25-27-78(54,5)80(53,83)61(96)43-79(52,6)81(63,116-68)62(97)45-112-51-21-19-50(20-22-51)87-74(105)49(15-13-29-86-77(84)107)40-58(95)69(47(2)3)89-75(106)56(88-64(98)26-31-108-33-35-110-37-38-111-36-34-109-32-30-92-66(100)23-24-67(92)101)16-11-12-28-85-65(99)46-113-59-18-10-8-9-17-57-70(59)90-91-93(57)76-73(104)72(103)71(102)60(44-94)114-76/h19-25,27,39,47,49,52-53,55-56,59-61,63,68-69,71-73,76,90-91,94,96,102-104H,4,7-18,26,28-38,40-46H2,1-3,5-6H3,(H,85,99)(H,87,105)(H,88,98)(H,89,106)(H3,84,86,107)/t49-,52+,53+,55+,56-,59?,60-,61+,63-,68?,69+,71+,72+,73-,76-,78+,79+,80+,81-/m1/s1. The molecule has 0 aromatic heterocycles. The van der Waals surface area contributed by atoms with Gasteiger partial charge in [-0.3, -0.25) is 48.3 Å². The second kappa shape index (κ2) is 41.3. The number of imide groups is 1. The van der Waals surface area contributed by atoms with Gasteiger partial charge in [0.2, 0.25) is 29.4 Å². The second-order valence-electron chi connectivity index (χ2n) is 32.1. The van der Waals surface area contributed by atoms with Crippen molar-refractivity contribution in [2.45, 2.75) is 229 Å². The van der Waals surface area contributed by atoms with Crippen molar-refractivity contribution in [1.82, 2.24) is 42.1 Å². The van der Waals surface area contributed by atoms with Crippen molar-refractivity contribution in [3.63, 3.8) is 0 Å². The lowest BCUT2D eigenvalue weighted by atomic mass is 9.44. The van der Waals surface area contributed by atoms with E-state index in [2.05, 4.69) is 44.1 Å². The number of nitrogens with zero attached hydrogens (tertiary/aromatic N) is 2. The summed E-state index contributed by atoms with van der Waals surface area (Å²) < 4.78 is 88.3. The minimum atomic E-state index is -2.29. The first-order valence-electron chi connectivity index (χ1n) is 40.7. The Morgan fingerprint density at radius 1 is 0.784 bits per heavy atom. The van der Waals surface area contributed by atoms with E-state index in [1.807, 2.05) is 13.8 Å². The maximum atomic E-state index is 18.2. The van der Waals surface area contributed by atoms with Crippen molar-refractivity contribution >= 4 is 58.7 Å². The Hall–Kier alpha value is -7.75. The molecule has 9 aliphatic rings. The molecule has 0 spiro atoms.